The second-order valence-corrected chi connectivity index (χ2v) is 3.39. The van der Waals surface area contributed by atoms with Crippen LogP contribution in [0, 0.1) is 11.3 Å². The van der Waals surface area contributed by atoms with Crippen molar-refractivity contribution < 1.29 is 0 Å². The summed E-state index contributed by atoms with van der Waals surface area (Å²) in [6.45, 7) is 12.6. The van der Waals surface area contributed by atoms with Gasteiger partial charge in [0.25, 0.3) is 0 Å². The molecule has 0 spiro atoms. The first-order chi connectivity index (χ1) is 3.48. The maximum atomic E-state index is 3.73. The van der Waals surface area contributed by atoms with Gasteiger partial charge in [-0.25, -0.2) is 0 Å². The lowest BCUT2D eigenvalue weighted by molar-refractivity contribution is 0.315. The van der Waals surface area contributed by atoms with Crippen molar-refractivity contribution in [1.82, 2.24) is 0 Å². The van der Waals surface area contributed by atoms with E-state index in [1.165, 1.54) is 0 Å². The zero-order chi connectivity index (χ0) is 6.78. The largest absolute Gasteiger partial charge is 0.103 e. The van der Waals surface area contributed by atoms with Crippen LogP contribution in [0.2, 0.25) is 0 Å². The Balaban J connectivity index is 3.80. The summed E-state index contributed by atoms with van der Waals surface area (Å²) in [6.07, 6.45) is 2.00. The van der Waals surface area contributed by atoms with Gasteiger partial charge in [0.1, 0.15) is 0 Å². The second kappa shape index (κ2) is 2.34. The van der Waals surface area contributed by atoms with Crippen molar-refractivity contribution in [2.45, 2.75) is 27.7 Å². The highest BCUT2D eigenvalue weighted by molar-refractivity contribution is 4.83. The van der Waals surface area contributed by atoms with Gasteiger partial charge < -0.3 is 0 Å². The van der Waals surface area contributed by atoms with Gasteiger partial charge in [-0.15, -0.1) is 6.58 Å². The lowest BCUT2D eigenvalue weighted by Crippen LogP contribution is -2.14. The molecule has 0 aliphatic heterocycles. The quantitative estimate of drug-likeness (QED) is 0.457. The normalized spacial score (nSPS) is 15.5. The highest BCUT2D eigenvalue weighted by atomic mass is 14.2. The Labute approximate surface area is 52.6 Å². The van der Waals surface area contributed by atoms with E-state index < -0.39 is 0 Å². The van der Waals surface area contributed by atoms with Crippen LogP contribution >= 0.6 is 0 Å². The summed E-state index contributed by atoms with van der Waals surface area (Å²) < 4.78 is 0. The monoisotopic (exact) mass is 112 g/mol. The Morgan fingerprint density at radius 2 is 1.75 bits per heavy atom. The van der Waals surface area contributed by atoms with Gasteiger partial charge >= 0.3 is 0 Å². The molecule has 8 heavy (non-hydrogen) atoms. The summed E-state index contributed by atoms with van der Waals surface area (Å²) in [5, 5.41) is 0. The van der Waals surface area contributed by atoms with Crippen molar-refractivity contribution in [3.63, 3.8) is 0 Å². The average molecular weight is 112 g/mol. The fourth-order valence-electron chi connectivity index (χ4n) is 0.354. The fraction of sp³-hybridized carbons (Fsp3) is 0.750. The third kappa shape index (κ3) is 2.15. The molecule has 48 valence electrons. The molecule has 0 radical (unpaired) electrons. The van der Waals surface area contributed by atoms with Crippen molar-refractivity contribution >= 4 is 0 Å². The van der Waals surface area contributed by atoms with Gasteiger partial charge in [0, 0.05) is 0 Å². The molecule has 0 saturated heterocycles. The van der Waals surface area contributed by atoms with Crippen LogP contribution in [0.3, 0.4) is 0 Å². The van der Waals surface area contributed by atoms with Crippen LogP contribution in [0.5, 0.6) is 0 Å². The summed E-state index contributed by atoms with van der Waals surface area (Å²) >= 11 is 0. The van der Waals surface area contributed by atoms with E-state index in [-0.39, 0.29) is 0 Å². The highest BCUT2D eigenvalue weighted by Gasteiger charge is 2.15. The van der Waals surface area contributed by atoms with Gasteiger partial charge in [-0.05, 0) is 11.3 Å². The molecule has 0 fully saturated rings. The molecule has 0 saturated carbocycles. The molecular weight excluding hydrogens is 96.1 g/mol. The molecule has 0 aromatic heterocycles. The van der Waals surface area contributed by atoms with Crippen LogP contribution in [0.1, 0.15) is 27.7 Å². The minimum Gasteiger partial charge on any atom is -0.103 e. The molecule has 0 heteroatoms. The van der Waals surface area contributed by atoms with Gasteiger partial charge in [0.2, 0.25) is 0 Å². The summed E-state index contributed by atoms with van der Waals surface area (Å²) in [7, 11) is 0. The van der Waals surface area contributed by atoms with E-state index in [4.69, 9.17) is 0 Å². The van der Waals surface area contributed by atoms with Crippen LogP contribution in [-0.4, -0.2) is 0 Å². The topological polar surface area (TPSA) is 0 Å². The molecule has 0 heterocycles. The first kappa shape index (κ1) is 7.74. The molecule has 0 aliphatic rings. The van der Waals surface area contributed by atoms with Crippen molar-refractivity contribution in [1.29, 1.82) is 0 Å². The van der Waals surface area contributed by atoms with Crippen molar-refractivity contribution in [2.75, 3.05) is 0 Å². The summed E-state index contributed by atoms with van der Waals surface area (Å²) in [5.41, 5.74) is 0.391. The Morgan fingerprint density at radius 3 is 1.75 bits per heavy atom. The van der Waals surface area contributed by atoms with Crippen LogP contribution in [0.25, 0.3) is 0 Å². The highest BCUT2D eigenvalue weighted by Crippen LogP contribution is 2.25. The van der Waals surface area contributed by atoms with E-state index in [1.54, 1.807) is 0 Å². The molecule has 0 aromatic carbocycles. The van der Waals surface area contributed by atoms with Gasteiger partial charge in [-0.3, -0.25) is 0 Å². The smallest absolute Gasteiger partial charge is 0.0216 e. The van der Waals surface area contributed by atoms with E-state index in [0.29, 0.717) is 11.3 Å². The third-order valence-corrected chi connectivity index (χ3v) is 1.72. The maximum Gasteiger partial charge on any atom is -0.0216 e. The van der Waals surface area contributed by atoms with E-state index in [1.807, 2.05) is 6.08 Å². The molecular formula is C8H16. The van der Waals surface area contributed by atoms with Crippen molar-refractivity contribution in [3.05, 3.63) is 12.7 Å². The van der Waals surface area contributed by atoms with Gasteiger partial charge in [-0.1, -0.05) is 33.8 Å². The minimum atomic E-state index is 0.391. The first-order valence-electron chi connectivity index (χ1n) is 3.11. The molecule has 0 aromatic rings. The van der Waals surface area contributed by atoms with Gasteiger partial charge in [0.05, 0.1) is 0 Å². The lowest BCUT2D eigenvalue weighted by Gasteiger charge is -2.23. The predicted molar refractivity (Wildman–Crippen MR) is 38.8 cm³/mol. The van der Waals surface area contributed by atoms with Crippen LogP contribution in [0.15, 0.2) is 12.7 Å². The molecule has 1 atom stereocenters. The van der Waals surface area contributed by atoms with Gasteiger partial charge in [-0.2, -0.15) is 0 Å². The molecule has 0 amide bonds. The molecule has 0 nitrogen and oxygen atoms in total. The SMILES string of the molecule is C=CC(C)C(C)(C)C. The predicted octanol–water partition coefficient (Wildman–Crippen LogP) is 2.85. The Kier molecular flexibility index (Phi) is 2.26. The first-order valence-corrected chi connectivity index (χ1v) is 3.11. The van der Waals surface area contributed by atoms with Crippen LogP contribution in [-0.2, 0) is 0 Å². The van der Waals surface area contributed by atoms with Crippen LogP contribution in [0.4, 0.5) is 0 Å². The zero-order valence-corrected chi connectivity index (χ0v) is 6.36. The standard InChI is InChI=1S/C8H16/c1-6-7(2)8(3,4)5/h6-7H,1H2,2-5H3. The fourth-order valence-corrected chi connectivity index (χ4v) is 0.354. The molecule has 1 unspecified atom stereocenters. The number of hydrogen-bond donors (Lipinski definition) is 0. The van der Waals surface area contributed by atoms with E-state index >= 15 is 0 Å². The molecule has 0 N–H and O–H groups in total. The molecule has 0 rings (SSSR count). The maximum absolute atomic E-state index is 3.73. The van der Waals surface area contributed by atoms with Gasteiger partial charge in [0.15, 0.2) is 0 Å². The lowest BCUT2D eigenvalue weighted by atomic mass is 9.82. The Morgan fingerprint density at radius 1 is 1.38 bits per heavy atom. The summed E-state index contributed by atoms with van der Waals surface area (Å²) in [4.78, 5) is 0. The Hall–Kier alpha value is -0.260. The number of hydrogen-bond acceptors (Lipinski definition) is 0. The third-order valence-electron chi connectivity index (χ3n) is 1.72. The zero-order valence-electron chi connectivity index (χ0n) is 6.36. The summed E-state index contributed by atoms with van der Waals surface area (Å²) in [5.74, 6) is 0.613. The number of rotatable bonds is 1. The van der Waals surface area contributed by atoms with E-state index in [9.17, 15) is 0 Å². The van der Waals surface area contributed by atoms with E-state index in [0.717, 1.165) is 0 Å². The second-order valence-electron chi connectivity index (χ2n) is 3.39. The van der Waals surface area contributed by atoms with E-state index in [2.05, 4.69) is 34.3 Å². The molecule has 0 aliphatic carbocycles. The Bertz CT molecular complexity index is 74.5. The van der Waals surface area contributed by atoms with Crippen molar-refractivity contribution in [2.24, 2.45) is 11.3 Å². The number of allylic oxidation sites excluding steroid dienone is 1. The average Bonchev–Trinajstić information content (AvgIpc) is 1.62. The minimum absolute atomic E-state index is 0.391. The summed E-state index contributed by atoms with van der Waals surface area (Å²) in [6, 6.07) is 0. The van der Waals surface area contributed by atoms with Crippen molar-refractivity contribution in [3.8, 4) is 0 Å². The molecule has 0 bridgehead atoms. The van der Waals surface area contributed by atoms with Crippen LogP contribution < -0.4 is 0 Å².